The molecule has 1 fully saturated rings. The van der Waals surface area contributed by atoms with Crippen LogP contribution in [0.3, 0.4) is 0 Å². The van der Waals surface area contributed by atoms with E-state index < -0.39 is 24.1 Å². The molecule has 7 heteroatoms. The lowest BCUT2D eigenvalue weighted by molar-refractivity contribution is -0.144. The van der Waals surface area contributed by atoms with Gasteiger partial charge in [-0.25, -0.2) is 9.59 Å². The summed E-state index contributed by atoms with van der Waals surface area (Å²) in [5, 5.41) is 2.29. The Morgan fingerprint density at radius 1 is 1.50 bits per heavy atom. The van der Waals surface area contributed by atoms with Gasteiger partial charge in [0.15, 0.2) is 0 Å². The number of carbonyl (C=O) groups excluding carboxylic acids is 3. The molecule has 0 aliphatic carbocycles. The molecule has 1 heterocycles. The van der Waals surface area contributed by atoms with Gasteiger partial charge in [0.05, 0.1) is 6.61 Å². The van der Waals surface area contributed by atoms with E-state index in [9.17, 15) is 14.4 Å². The van der Waals surface area contributed by atoms with Crippen LogP contribution in [0.5, 0.6) is 0 Å². The quantitative estimate of drug-likeness (QED) is 0.322. The van der Waals surface area contributed by atoms with Gasteiger partial charge in [-0.3, -0.25) is 4.79 Å². The summed E-state index contributed by atoms with van der Waals surface area (Å²) in [7, 11) is 0. The molecule has 1 N–H and O–H groups in total. The number of esters is 2. The highest BCUT2D eigenvalue weighted by Gasteiger charge is 2.32. The van der Waals surface area contributed by atoms with Gasteiger partial charge < -0.3 is 14.8 Å². The molecular formula is C9H12ClNO5. The third-order valence-corrected chi connectivity index (χ3v) is 2.22. The van der Waals surface area contributed by atoms with Gasteiger partial charge in [-0.1, -0.05) is 0 Å². The number of ether oxygens (including phenoxy) is 2. The van der Waals surface area contributed by atoms with Crippen molar-refractivity contribution in [2.75, 3.05) is 12.5 Å². The molecule has 1 saturated heterocycles. The van der Waals surface area contributed by atoms with E-state index in [1.165, 1.54) is 0 Å². The summed E-state index contributed by atoms with van der Waals surface area (Å²) in [6.45, 7) is 0.268. The van der Waals surface area contributed by atoms with Crippen LogP contribution in [0.4, 0.5) is 4.79 Å². The van der Waals surface area contributed by atoms with Gasteiger partial charge in [0, 0.05) is 12.3 Å². The molecule has 0 spiro atoms. The zero-order valence-electron chi connectivity index (χ0n) is 8.53. The standard InChI is InChI=1S/C9H12ClNO5/c10-4-1-5-15-7(12)3-2-6-8(13)16-9(14)11-6/h6H,1-5H2,(H,11,14)/t6-/m0/s1. The zero-order chi connectivity index (χ0) is 12.0. The van der Waals surface area contributed by atoms with Crippen molar-refractivity contribution in [3.8, 4) is 0 Å². The summed E-state index contributed by atoms with van der Waals surface area (Å²) in [4.78, 5) is 32.7. The molecule has 90 valence electrons. The molecule has 0 aromatic carbocycles. The molecule has 1 atom stereocenters. The van der Waals surface area contributed by atoms with Gasteiger partial charge in [0.2, 0.25) is 0 Å². The number of hydrogen-bond acceptors (Lipinski definition) is 5. The van der Waals surface area contributed by atoms with Crippen molar-refractivity contribution in [1.82, 2.24) is 5.32 Å². The number of amides is 1. The van der Waals surface area contributed by atoms with E-state index in [1.807, 2.05) is 0 Å². The molecule has 0 saturated carbocycles. The monoisotopic (exact) mass is 249 g/mol. The molecule has 0 aromatic heterocycles. The van der Waals surface area contributed by atoms with Crippen molar-refractivity contribution in [2.24, 2.45) is 0 Å². The van der Waals surface area contributed by atoms with Gasteiger partial charge in [-0.05, 0) is 12.8 Å². The second-order valence-electron chi connectivity index (χ2n) is 3.21. The van der Waals surface area contributed by atoms with E-state index in [2.05, 4.69) is 10.1 Å². The van der Waals surface area contributed by atoms with Crippen LogP contribution < -0.4 is 5.32 Å². The van der Waals surface area contributed by atoms with Crippen LogP contribution in [-0.2, 0) is 19.1 Å². The Labute approximate surface area is 97.2 Å². The topological polar surface area (TPSA) is 81.7 Å². The minimum Gasteiger partial charge on any atom is -0.466 e. The molecule has 1 aliphatic heterocycles. The molecule has 0 unspecified atom stereocenters. The average molecular weight is 250 g/mol. The van der Waals surface area contributed by atoms with Crippen LogP contribution >= 0.6 is 11.6 Å². The van der Waals surface area contributed by atoms with E-state index in [1.54, 1.807) is 0 Å². The molecule has 16 heavy (non-hydrogen) atoms. The predicted octanol–water partition coefficient (Wildman–Crippen LogP) is 0.574. The van der Waals surface area contributed by atoms with Crippen LogP contribution in [-0.4, -0.2) is 36.6 Å². The van der Waals surface area contributed by atoms with Gasteiger partial charge in [0.1, 0.15) is 6.04 Å². The third-order valence-electron chi connectivity index (χ3n) is 1.95. The molecular weight excluding hydrogens is 238 g/mol. The number of rotatable bonds is 6. The number of alkyl halides is 1. The molecule has 1 rings (SSSR count). The maximum Gasteiger partial charge on any atom is 0.415 e. The summed E-state index contributed by atoms with van der Waals surface area (Å²) >= 11 is 5.40. The highest BCUT2D eigenvalue weighted by atomic mass is 35.5. The first-order valence-electron chi connectivity index (χ1n) is 4.87. The smallest absolute Gasteiger partial charge is 0.415 e. The fourth-order valence-corrected chi connectivity index (χ4v) is 1.27. The van der Waals surface area contributed by atoms with Crippen molar-refractivity contribution >= 4 is 29.6 Å². The number of halogens is 1. The second-order valence-corrected chi connectivity index (χ2v) is 3.59. The Bertz CT molecular complexity index is 294. The zero-order valence-corrected chi connectivity index (χ0v) is 9.29. The largest absolute Gasteiger partial charge is 0.466 e. The number of cyclic esters (lactones) is 2. The van der Waals surface area contributed by atoms with Crippen LogP contribution in [0, 0.1) is 0 Å². The Hall–Kier alpha value is -1.30. The summed E-state index contributed by atoms with van der Waals surface area (Å²) < 4.78 is 9.06. The highest BCUT2D eigenvalue weighted by molar-refractivity contribution is 6.17. The normalized spacial score (nSPS) is 19.2. The van der Waals surface area contributed by atoms with Crippen LogP contribution in [0.15, 0.2) is 0 Å². The van der Waals surface area contributed by atoms with E-state index >= 15 is 0 Å². The summed E-state index contributed by atoms with van der Waals surface area (Å²) in [5.41, 5.74) is 0. The lowest BCUT2D eigenvalue weighted by Gasteiger charge is -2.05. The molecule has 1 aliphatic rings. The number of carbonyl (C=O) groups is 3. The number of nitrogens with one attached hydrogen (secondary N) is 1. The number of alkyl carbamates (subject to hydrolysis) is 1. The van der Waals surface area contributed by atoms with Crippen molar-refractivity contribution in [3.05, 3.63) is 0 Å². The molecule has 0 bridgehead atoms. The Morgan fingerprint density at radius 2 is 2.25 bits per heavy atom. The fourth-order valence-electron chi connectivity index (χ4n) is 1.16. The Morgan fingerprint density at radius 3 is 2.81 bits per heavy atom. The highest BCUT2D eigenvalue weighted by Crippen LogP contribution is 2.07. The van der Waals surface area contributed by atoms with Crippen molar-refractivity contribution in [2.45, 2.75) is 25.3 Å². The van der Waals surface area contributed by atoms with Crippen LogP contribution in [0.2, 0.25) is 0 Å². The molecule has 1 amide bonds. The van der Waals surface area contributed by atoms with E-state index in [4.69, 9.17) is 16.3 Å². The molecule has 0 aromatic rings. The SMILES string of the molecule is O=C(CC[C@@H]1NC(=O)OC1=O)OCCCCl. The van der Waals surface area contributed by atoms with E-state index in [0.29, 0.717) is 12.3 Å². The van der Waals surface area contributed by atoms with Gasteiger partial charge in [-0.15, -0.1) is 11.6 Å². The first kappa shape index (κ1) is 12.8. The van der Waals surface area contributed by atoms with E-state index in [-0.39, 0.29) is 19.4 Å². The molecule has 6 nitrogen and oxygen atoms in total. The Balaban J connectivity index is 2.16. The van der Waals surface area contributed by atoms with Crippen molar-refractivity contribution in [3.63, 3.8) is 0 Å². The maximum absolute atomic E-state index is 11.1. The van der Waals surface area contributed by atoms with Crippen molar-refractivity contribution < 1.29 is 23.9 Å². The lowest BCUT2D eigenvalue weighted by atomic mass is 10.2. The minimum atomic E-state index is -0.773. The lowest BCUT2D eigenvalue weighted by Crippen LogP contribution is -2.29. The molecule has 0 radical (unpaired) electrons. The van der Waals surface area contributed by atoms with Crippen molar-refractivity contribution in [1.29, 1.82) is 0 Å². The summed E-state index contributed by atoms with van der Waals surface area (Å²) in [6.07, 6.45) is 0.0628. The minimum absolute atomic E-state index is 0.0579. The average Bonchev–Trinajstić information content (AvgIpc) is 2.55. The predicted molar refractivity (Wildman–Crippen MR) is 53.9 cm³/mol. The van der Waals surface area contributed by atoms with Gasteiger partial charge >= 0.3 is 18.0 Å². The fraction of sp³-hybridized carbons (Fsp3) is 0.667. The summed E-state index contributed by atoms with van der Waals surface area (Å²) in [5.74, 6) is -0.643. The maximum atomic E-state index is 11.1. The van der Waals surface area contributed by atoms with Gasteiger partial charge in [-0.2, -0.15) is 0 Å². The number of hydrogen-bond donors (Lipinski definition) is 1. The summed E-state index contributed by atoms with van der Waals surface area (Å²) in [6, 6.07) is -0.743. The second kappa shape index (κ2) is 6.32. The van der Waals surface area contributed by atoms with Crippen LogP contribution in [0.1, 0.15) is 19.3 Å². The third kappa shape index (κ3) is 4.06. The van der Waals surface area contributed by atoms with Gasteiger partial charge in [0.25, 0.3) is 0 Å². The van der Waals surface area contributed by atoms with Crippen LogP contribution in [0.25, 0.3) is 0 Å². The first-order valence-corrected chi connectivity index (χ1v) is 5.40. The Kier molecular flexibility index (Phi) is 5.04. The van der Waals surface area contributed by atoms with E-state index in [0.717, 1.165) is 0 Å². The first-order chi connectivity index (χ1) is 7.63.